The van der Waals surface area contributed by atoms with Crippen molar-refractivity contribution in [2.24, 2.45) is 0 Å². The van der Waals surface area contributed by atoms with Crippen LogP contribution >= 0.6 is 0 Å². The Bertz CT molecular complexity index is 301. The predicted octanol–water partition coefficient (Wildman–Crippen LogP) is 0.892. The van der Waals surface area contributed by atoms with Crippen LogP contribution in [-0.2, 0) is 0 Å². The van der Waals surface area contributed by atoms with Gasteiger partial charge in [0.2, 0.25) is 0 Å². The molecule has 0 radical (unpaired) electrons. The van der Waals surface area contributed by atoms with Gasteiger partial charge in [0.05, 0.1) is 12.1 Å². The molecule has 4 amide bonds. The molecule has 0 aliphatic rings. The van der Waals surface area contributed by atoms with Crippen molar-refractivity contribution in [3.05, 3.63) is 0 Å². The molecule has 0 aromatic carbocycles. The number of rotatable bonds is 2. The third kappa shape index (κ3) is 4.76. The largest absolute Gasteiger partial charge is 0.464 e. The van der Waals surface area contributed by atoms with Crippen molar-refractivity contribution in [3.8, 4) is 0 Å². The van der Waals surface area contributed by atoms with Crippen molar-refractivity contribution in [2.75, 3.05) is 0 Å². The van der Waals surface area contributed by atoms with Gasteiger partial charge in [-0.2, -0.15) is 0 Å². The number of hydrogen-bond acceptors (Lipinski definition) is 3. The highest BCUT2D eigenvalue weighted by Gasteiger charge is 2.22. The van der Waals surface area contributed by atoms with Gasteiger partial charge < -0.3 is 10.2 Å². The van der Waals surface area contributed by atoms with Crippen LogP contribution in [0.1, 0.15) is 27.7 Å². The Morgan fingerprint density at radius 3 is 1.28 bits per heavy atom. The SMILES string of the molecule is CC(C)N(NC(=O)NN(C(=O)O)C(C)C)C(=O)O. The first-order valence-corrected chi connectivity index (χ1v) is 5.28. The van der Waals surface area contributed by atoms with E-state index in [-0.39, 0.29) is 0 Å². The molecule has 0 saturated carbocycles. The fraction of sp³-hybridized carbons (Fsp3) is 0.667. The van der Waals surface area contributed by atoms with E-state index in [1.54, 1.807) is 27.7 Å². The van der Waals surface area contributed by atoms with Crippen molar-refractivity contribution in [1.82, 2.24) is 20.9 Å². The zero-order valence-electron chi connectivity index (χ0n) is 10.7. The van der Waals surface area contributed by atoms with Crippen LogP contribution in [0.4, 0.5) is 14.4 Å². The number of carbonyl (C=O) groups excluding carboxylic acids is 1. The summed E-state index contributed by atoms with van der Waals surface area (Å²) in [6.45, 7) is 6.25. The summed E-state index contributed by atoms with van der Waals surface area (Å²) in [5.74, 6) is 0. The topological polar surface area (TPSA) is 122 Å². The number of carboxylic acid groups (broad SMARTS) is 2. The Kier molecular flexibility index (Phi) is 5.73. The molecular weight excluding hydrogens is 244 g/mol. The minimum absolute atomic E-state index is 0.481. The Morgan fingerprint density at radius 1 is 0.833 bits per heavy atom. The summed E-state index contributed by atoms with van der Waals surface area (Å²) in [6, 6.07) is -1.90. The second kappa shape index (κ2) is 6.52. The molecule has 4 N–H and O–H groups in total. The second-order valence-corrected chi connectivity index (χ2v) is 4.05. The molecule has 104 valence electrons. The Balaban J connectivity index is 4.57. The van der Waals surface area contributed by atoms with Crippen molar-refractivity contribution in [1.29, 1.82) is 0 Å². The van der Waals surface area contributed by atoms with Crippen LogP contribution in [0, 0.1) is 0 Å². The summed E-state index contributed by atoms with van der Waals surface area (Å²) < 4.78 is 0. The molecule has 0 spiro atoms. The van der Waals surface area contributed by atoms with Gasteiger partial charge in [0.15, 0.2) is 0 Å². The van der Waals surface area contributed by atoms with Gasteiger partial charge in [-0.3, -0.25) is 0 Å². The van der Waals surface area contributed by atoms with Crippen LogP contribution in [0.2, 0.25) is 0 Å². The first kappa shape index (κ1) is 15.8. The van der Waals surface area contributed by atoms with Gasteiger partial charge in [0, 0.05) is 0 Å². The molecule has 9 heteroatoms. The van der Waals surface area contributed by atoms with Gasteiger partial charge >= 0.3 is 18.2 Å². The third-order valence-corrected chi connectivity index (χ3v) is 1.89. The number of nitrogens with zero attached hydrogens (tertiary/aromatic N) is 2. The van der Waals surface area contributed by atoms with Crippen LogP contribution in [0.15, 0.2) is 0 Å². The maximum Gasteiger partial charge on any atom is 0.426 e. The van der Waals surface area contributed by atoms with Gasteiger partial charge in [0.25, 0.3) is 0 Å². The van der Waals surface area contributed by atoms with E-state index < -0.39 is 30.3 Å². The van der Waals surface area contributed by atoms with Crippen LogP contribution in [-0.4, -0.2) is 50.5 Å². The molecule has 0 aromatic rings. The smallest absolute Gasteiger partial charge is 0.426 e. The molecule has 0 unspecified atom stereocenters. The van der Waals surface area contributed by atoms with Crippen LogP contribution in [0.25, 0.3) is 0 Å². The van der Waals surface area contributed by atoms with Crippen molar-refractivity contribution >= 4 is 18.2 Å². The lowest BCUT2D eigenvalue weighted by Crippen LogP contribution is -2.58. The molecule has 0 bridgehead atoms. The Hall–Kier alpha value is -2.19. The van der Waals surface area contributed by atoms with Crippen LogP contribution in [0.3, 0.4) is 0 Å². The molecule has 0 aliphatic carbocycles. The molecule has 0 heterocycles. The first-order valence-electron chi connectivity index (χ1n) is 5.28. The lowest BCUT2D eigenvalue weighted by molar-refractivity contribution is 0.0879. The van der Waals surface area contributed by atoms with Gasteiger partial charge in [-0.05, 0) is 27.7 Å². The van der Waals surface area contributed by atoms with Gasteiger partial charge in [0.1, 0.15) is 0 Å². The summed E-state index contributed by atoms with van der Waals surface area (Å²) in [5, 5.41) is 18.9. The number of hydrogen-bond donors (Lipinski definition) is 4. The lowest BCUT2D eigenvalue weighted by atomic mass is 10.4. The van der Waals surface area contributed by atoms with Gasteiger partial charge in [-0.25, -0.2) is 35.3 Å². The molecule has 0 atom stereocenters. The molecular formula is C9H18N4O5. The summed E-state index contributed by atoms with van der Waals surface area (Å²) in [5.41, 5.74) is 4.07. The van der Waals surface area contributed by atoms with E-state index >= 15 is 0 Å². The molecule has 9 nitrogen and oxygen atoms in total. The molecule has 0 saturated heterocycles. The Labute approximate surface area is 104 Å². The number of nitrogens with one attached hydrogen (secondary N) is 2. The van der Waals surface area contributed by atoms with E-state index in [1.165, 1.54) is 0 Å². The monoisotopic (exact) mass is 262 g/mol. The maximum atomic E-state index is 11.4. The van der Waals surface area contributed by atoms with Crippen LogP contribution < -0.4 is 10.9 Å². The standard InChI is InChI=1S/C9H18N4O5/c1-5(2)12(8(15)16)10-7(14)11-13(6(3)4)9(17)18/h5-6H,1-4H3,(H,15,16)(H,17,18)(H2,10,11,14). The van der Waals surface area contributed by atoms with E-state index in [2.05, 4.69) is 0 Å². The summed E-state index contributed by atoms with van der Waals surface area (Å²) in [7, 11) is 0. The van der Waals surface area contributed by atoms with Crippen LogP contribution in [0.5, 0.6) is 0 Å². The average Bonchev–Trinajstić information content (AvgIpc) is 2.20. The minimum atomic E-state index is -1.34. The number of hydrazine groups is 2. The third-order valence-electron chi connectivity index (χ3n) is 1.89. The zero-order valence-corrected chi connectivity index (χ0v) is 10.7. The number of amides is 4. The van der Waals surface area contributed by atoms with E-state index in [0.29, 0.717) is 10.0 Å². The fourth-order valence-electron chi connectivity index (χ4n) is 1.04. The summed E-state index contributed by atoms with van der Waals surface area (Å²) in [6.07, 6.45) is -2.68. The highest BCUT2D eigenvalue weighted by molar-refractivity contribution is 5.79. The zero-order chi connectivity index (χ0) is 14.5. The minimum Gasteiger partial charge on any atom is -0.464 e. The lowest BCUT2D eigenvalue weighted by Gasteiger charge is -2.27. The average molecular weight is 262 g/mol. The highest BCUT2D eigenvalue weighted by atomic mass is 16.4. The van der Waals surface area contributed by atoms with Gasteiger partial charge in [-0.1, -0.05) is 0 Å². The molecule has 0 aliphatic heterocycles. The molecule has 18 heavy (non-hydrogen) atoms. The van der Waals surface area contributed by atoms with Gasteiger partial charge in [-0.15, -0.1) is 0 Å². The Morgan fingerprint density at radius 2 is 1.11 bits per heavy atom. The molecule has 0 rings (SSSR count). The first-order chi connectivity index (χ1) is 8.16. The van der Waals surface area contributed by atoms with Crippen molar-refractivity contribution in [2.45, 2.75) is 39.8 Å². The maximum absolute atomic E-state index is 11.4. The predicted molar refractivity (Wildman–Crippen MR) is 61.7 cm³/mol. The molecule has 0 aromatic heterocycles. The molecule has 0 fully saturated rings. The van der Waals surface area contributed by atoms with Crippen molar-refractivity contribution < 1.29 is 24.6 Å². The van der Waals surface area contributed by atoms with E-state index in [9.17, 15) is 14.4 Å². The van der Waals surface area contributed by atoms with E-state index in [1.807, 2.05) is 10.9 Å². The fourth-order valence-corrected chi connectivity index (χ4v) is 1.04. The van der Waals surface area contributed by atoms with E-state index in [0.717, 1.165) is 0 Å². The summed E-state index contributed by atoms with van der Waals surface area (Å²) in [4.78, 5) is 33.0. The normalized spacial score (nSPS) is 10.1. The van der Waals surface area contributed by atoms with Crippen molar-refractivity contribution in [3.63, 3.8) is 0 Å². The number of urea groups is 1. The highest BCUT2D eigenvalue weighted by Crippen LogP contribution is 1.96. The second-order valence-electron chi connectivity index (χ2n) is 4.05. The van der Waals surface area contributed by atoms with E-state index in [4.69, 9.17) is 10.2 Å². The quantitative estimate of drug-likeness (QED) is 0.550. The number of carbonyl (C=O) groups is 3. The summed E-state index contributed by atoms with van der Waals surface area (Å²) >= 11 is 0.